The lowest BCUT2D eigenvalue weighted by Crippen LogP contribution is -2.63. The number of ketones is 1. The summed E-state index contributed by atoms with van der Waals surface area (Å²) in [5.41, 5.74) is 2.99. The van der Waals surface area contributed by atoms with Gasteiger partial charge < -0.3 is 21.1 Å². The average molecular weight is 770 g/mol. The second kappa shape index (κ2) is 15.4. The number of aliphatic hydroxyl groups is 1. The Morgan fingerprint density at radius 3 is 2.30 bits per heavy atom. The molecule has 3 heterocycles. The standard InChI is InChI=1S/C36H47N7O8S2/c1-35(2,49)29-20-38-41-43(29)24-19-28(33(47)40-36(30(44)31(37)45)14-16-52-17-15-36)42(21-24)34(48)27(18-22-6-4-3-5-7-22)39-32(46)23-8-10-25(11-9-23)53(50,51)26-12-13-26/h8-11,20,22,24,26,28,49H,3-7,12-19,21H2,1-2H3,(H2,37,45)(H,40,47)/t24-,28-/m0/s1. The summed E-state index contributed by atoms with van der Waals surface area (Å²) in [5.74, 6) is -2.99. The molecule has 0 bridgehead atoms. The lowest BCUT2D eigenvalue weighted by Gasteiger charge is -2.37. The van der Waals surface area contributed by atoms with Crippen molar-refractivity contribution >= 4 is 56.7 Å². The average Bonchev–Trinajstić information content (AvgIpc) is 3.71. The number of nitrogens with one attached hydrogen (secondary N) is 1. The maximum absolute atomic E-state index is 14.7. The number of aliphatic imine (C=N–C) groups is 1. The van der Waals surface area contributed by atoms with E-state index in [1.54, 1.807) is 25.6 Å². The fourth-order valence-corrected chi connectivity index (χ4v) is 10.5. The van der Waals surface area contributed by atoms with Crippen LogP contribution in [0.25, 0.3) is 0 Å². The van der Waals surface area contributed by atoms with Gasteiger partial charge >= 0.3 is 0 Å². The monoisotopic (exact) mass is 769 g/mol. The Hall–Kier alpha value is -3.96. The summed E-state index contributed by atoms with van der Waals surface area (Å²) < 4.78 is 27.0. The molecule has 2 atom stereocenters. The third kappa shape index (κ3) is 8.41. The van der Waals surface area contributed by atoms with Crippen molar-refractivity contribution in [3.63, 3.8) is 0 Å². The minimum absolute atomic E-state index is 0.0290. The molecule has 286 valence electrons. The second-order valence-electron chi connectivity index (χ2n) is 15.2. The number of likely N-dealkylation sites (tertiary alicyclic amines) is 1. The molecule has 2 aliphatic carbocycles. The van der Waals surface area contributed by atoms with Crippen molar-refractivity contribution in [1.82, 2.24) is 25.2 Å². The molecule has 0 radical (unpaired) electrons. The van der Waals surface area contributed by atoms with Crippen LogP contribution in [0.3, 0.4) is 0 Å². The number of sulfone groups is 1. The molecule has 6 rings (SSSR count). The van der Waals surface area contributed by atoms with Gasteiger partial charge in [0, 0.05) is 18.5 Å². The summed E-state index contributed by atoms with van der Waals surface area (Å²) in [6.07, 6.45) is 7.88. The van der Waals surface area contributed by atoms with Crippen LogP contribution >= 0.6 is 11.8 Å². The zero-order chi connectivity index (χ0) is 38.1. The van der Waals surface area contributed by atoms with E-state index < -0.39 is 67.7 Å². The Morgan fingerprint density at radius 1 is 1.04 bits per heavy atom. The molecule has 15 nitrogen and oxygen atoms in total. The minimum Gasteiger partial charge on any atom is -0.384 e. The molecular formula is C36H47N7O8S2. The molecule has 1 aromatic carbocycles. The van der Waals surface area contributed by atoms with Crippen molar-refractivity contribution < 1.29 is 37.5 Å². The number of carbonyl (C=O) groups excluding carboxylic acids is 5. The first-order chi connectivity index (χ1) is 25.1. The molecule has 1 aromatic heterocycles. The number of amides is 4. The number of thioether (sulfide) groups is 1. The number of benzene rings is 1. The highest BCUT2D eigenvalue weighted by molar-refractivity contribution is 7.99. The van der Waals surface area contributed by atoms with Gasteiger partial charge in [-0.1, -0.05) is 37.3 Å². The lowest BCUT2D eigenvalue weighted by atomic mass is 9.85. The van der Waals surface area contributed by atoms with Crippen LogP contribution in [-0.2, 0) is 34.6 Å². The zero-order valence-corrected chi connectivity index (χ0v) is 31.7. The van der Waals surface area contributed by atoms with E-state index >= 15 is 0 Å². The fraction of sp³-hybridized carbons (Fsp3) is 0.611. The zero-order valence-electron chi connectivity index (χ0n) is 30.0. The van der Waals surface area contributed by atoms with Gasteiger partial charge in [0.25, 0.3) is 17.7 Å². The number of nitrogens with two attached hydrogens (primary N) is 1. The molecule has 2 saturated carbocycles. The topological polar surface area (TPSA) is 224 Å². The Bertz CT molecular complexity index is 1890. The third-order valence-electron chi connectivity index (χ3n) is 10.8. The summed E-state index contributed by atoms with van der Waals surface area (Å²) in [5, 5.41) is 21.5. The minimum atomic E-state index is -3.47. The van der Waals surface area contributed by atoms with Crippen LogP contribution in [0.2, 0.25) is 0 Å². The molecular weight excluding hydrogens is 723 g/mol. The molecule has 0 unspecified atom stereocenters. The van der Waals surface area contributed by atoms with Crippen LogP contribution in [0.5, 0.6) is 0 Å². The predicted molar refractivity (Wildman–Crippen MR) is 196 cm³/mol. The first kappa shape index (κ1) is 38.8. The van der Waals surface area contributed by atoms with Gasteiger partial charge in [-0.25, -0.2) is 18.1 Å². The van der Waals surface area contributed by atoms with Gasteiger partial charge in [0.05, 0.1) is 28.1 Å². The maximum atomic E-state index is 14.7. The molecule has 4 fully saturated rings. The lowest BCUT2D eigenvalue weighted by molar-refractivity contribution is -0.143. The summed E-state index contributed by atoms with van der Waals surface area (Å²) in [4.78, 5) is 73.8. The molecule has 2 saturated heterocycles. The summed E-state index contributed by atoms with van der Waals surface area (Å²) in [7, 11) is -3.47. The van der Waals surface area contributed by atoms with Crippen molar-refractivity contribution in [1.29, 1.82) is 0 Å². The quantitative estimate of drug-likeness (QED) is 0.210. The van der Waals surface area contributed by atoms with E-state index in [1.807, 2.05) is 0 Å². The van der Waals surface area contributed by atoms with E-state index in [0.717, 1.165) is 32.1 Å². The van der Waals surface area contributed by atoms with Gasteiger partial charge in [-0.3, -0.25) is 24.0 Å². The molecule has 4 amide bonds. The van der Waals surface area contributed by atoms with E-state index in [0.29, 0.717) is 30.0 Å². The van der Waals surface area contributed by atoms with E-state index in [-0.39, 0.29) is 54.3 Å². The number of hydrogen-bond acceptors (Lipinski definition) is 11. The fourth-order valence-electron chi connectivity index (χ4n) is 7.66. The van der Waals surface area contributed by atoms with Gasteiger partial charge in [-0.05, 0) is 87.6 Å². The summed E-state index contributed by atoms with van der Waals surface area (Å²) in [6.45, 7) is 3.08. The smallest absolute Gasteiger partial charge is 0.287 e. The van der Waals surface area contributed by atoms with Crippen LogP contribution in [-0.4, -0.2) is 103 Å². The van der Waals surface area contributed by atoms with Crippen molar-refractivity contribution in [2.75, 3.05) is 18.1 Å². The first-order valence-corrected chi connectivity index (χ1v) is 20.9. The number of Topliss-reactive ketones (excluding diaryl/α,β-unsaturated/α-hetero) is 1. The van der Waals surface area contributed by atoms with Gasteiger partial charge in [0.15, 0.2) is 9.84 Å². The molecule has 4 aliphatic rings. The summed E-state index contributed by atoms with van der Waals surface area (Å²) >= 11 is 1.58. The number of primary amides is 1. The highest BCUT2D eigenvalue weighted by atomic mass is 32.2. The predicted octanol–water partition coefficient (Wildman–Crippen LogP) is 2.27. The third-order valence-corrected chi connectivity index (χ3v) is 14.1. The van der Waals surface area contributed by atoms with E-state index in [1.165, 1.54) is 40.0 Å². The number of aromatic nitrogens is 3. The Balaban J connectivity index is 1.35. The van der Waals surface area contributed by atoms with Gasteiger partial charge in [0.1, 0.15) is 22.9 Å². The van der Waals surface area contributed by atoms with Crippen molar-refractivity contribution in [2.24, 2.45) is 16.6 Å². The van der Waals surface area contributed by atoms with E-state index in [2.05, 4.69) is 20.6 Å². The highest BCUT2D eigenvalue weighted by Crippen LogP contribution is 2.36. The first-order valence-electron chi connectivity index (χ1n) is 18.2. The molecule has 4 N–H and O–H groups in total. The Labute approximate surface area is 312 Å². The van der Waals surface area contributed by atoms with E-state index in [4.69, 9.17) is 5.73 Å². The van der Waals surface area contributed by atoms with Crippen molar-refractivity contribution in [3.05, 3.63) is 41.7 Å². The van der Waals surface area contributed by atoms with Crippen LogP contribution in [0.15, 0.2) is 40.4 Å². The maximum Gasteiger partial charge on any atom is 0.287 e. The number of rotatable bonds is 12. The van der Waals surface area contributed by atoms with Crippen molar-refractivity contribution in [3.8, 4) is 0 Å². The number of nitrogens with zero attached hydrogens (tertiary/aromatic N) is 5. The van der Waals surface area contributed by atoms with E-state index in [9.17, 15) is 37.5 Å². The molecule has 17 heteroatoms. The molecule has 2 aromatic rings. The highest BCUT2D eigenvalue weighted by Gasteiger charge is 2.49. The molecule has 0 spiro atoms. The largest absolute Gasteiger partial charge is 0.384 e. The summed E-state index contributed by atoms with van der Waals surface area (Å²) in [6, 6.07) is 3.76. The molecule has 53 heavy (non-hydrogen) atoms. The van der Waals surface area contributed by atoms with Crippen molar-refractivity contribution in [2.45, 2.75) is 118 Å². The normalized spacial score (nSPS) is 22.7. The molecule has 2 aliphatic heterocycles. The van der Waals surface area contributed by atoms with Gasteiger partial charge in [0.2, 0.25) is 11.7 Å². The van der Waals surface area contributed by atoms with Crippen LogP contribution in [0, 0.1) is 5.92 Å². The number of carbonyl (C=O) groups is 5. The number of hydrogen-bond donors (Lipinski definition) is 3. The van der Waals surface area contributed by atoms with Gasteiger partial charge in [-0.2, -0.15) is 11.8 Å². The second-order valence-corrected chi connectivity index (χ2v) is 18.7. The van der Waals surface area contributed by atoms with Crippen LogP contribution < -0.4 is 11.1 Å². The Kier molecular flexibility index (Phi) is 11.3. The van der Waals surface area contributed by atoms with Crippen LogP contribution in [0.4, 0.5) is 0 Å². The SMILES string of the molecule is CC(C)(O)c1cnnn1[C@H]1C[C@@H](C(=O)NC2(C(=O)C(N)=O)CCSCC2)N(C(=O)C(CC2CCCCC2)=NC(=O)c2ccc(S(=O)(=O)C3CC3)cc2)C1. The van der Waals surface area contributed by atoms with Crippen LogP contribution in [0.1, 0.15) is 107 Å². The Morgan fingerprint density at radius 2 is 1.70 bits per heavy atom. The van der Waals surface area contributed by atoms with Gasteiger partial charge in [-0.15, -0.1) is 5.10 Å².